The van der Waals surface area contributed by atoms with Crippen molar-refractivity contribution in [2.24, 2.45) is 0 Å². The summed E-state index contributed by atoms with van der Waals surface area (Å²) in [4.78, 5) is 31.0. The van der Waals surface area contributed by atoms with E-state index in [0.717, 1.165) is 31.5 Å². The number of carbonyl (C=O) groups is 1. The van der Waals surface area contributed by atoms with Gasteiger partial charge >= 0.3 is 0 Å². The summed E-state index contributed by atoms with van der Waals surface area (Å²) in [7, 11) is 0. The van der Waals surface area contributed by atoms with Crippen molar-refractivity contribution in [2.45, 2.75) is 39.2 Å². The van der Waals surface area contributed by atoms with Gasteiger partial charge in [-0.25, -0.2) is 15.0 Å². The van der Waals surface area contributed by atoms with E-state index in [1.54, 1.807) is 25.5 Å². The molecule has 2 aromatic rings. The van der Waals surface area contributed by atoms with Gasteiger partial charge in [0.25, 0.3) is 0 Å². The minimum Gasteiger partial charge on any atom is -0.334 e. The second-order valence-corrected chi connectivity index (χ2v) is 5.66. The summed E-state index contributed by atoms with van der Waals surface area (Å²) in [6, 6.07) is 1.92. The monoisotopic (exact) mass is 312 g/mol. The third kappa shape index (κ3) is 3.61. The standard InChI is InChI=1S/C16H20N6O/c1-11-19-13(14-5-3-4-8-22(14)12(2)23)9-15(20-11)21-16-10-17-6-7-18-16/h6-7,9-10,14H,3-5,8H2,1-2H3,(H,18,19,20,21)/t14-/m0/s1. The van der Waals surface area contributed by atoms with Gasteiger partial charge in [0.05, 0.1) is 17.9 Å². The number of aromatic nitrogens is 4. The minimum absolute atomic E-state index is 0.0188. The number of hydrogen-bond acceptors (Lipinski definition) is 6. The molecule has 7 nitrogen and oxygen atoms in total. The average molecular weight is 312 g/mol. The number of carbonyl (C=O) groups excluding carboxylic acids is 1. The van der Waals surface area contributed by atoms with Crippen LogP contribution in [-0.4, -0.2) is 37.3 Å². The maximum atomic E-state index is 11.9. The minimum atomic E-state index is 0.0188. The van der Waals surface area contributed by atoms with Crippen molar-refractivity contribution < 1.29 is 4.79 Å². The quantitative estimate of drug-likeness (QED) is 0.937. The first-order valence-corrected chi connectivity index (χ1v) is 7.79. The van der Waals surface area contributed by atoms with E-state index in [1.807, 2.05) is 17.9 Å². The summed E-state index contributed by atoms with van der Waals surface area (Å²) in [5.74, 6) is 2.06. The lowest BCUT2D eigenvalue weighted by molar-refractivity contribution is -0.132. The van der Waals surface area contributed by atoms with E-state index in [-0.39, 0.29) is 11.9 Å². The molecule has 0 saturated carbocycles. The molecule has 0 aliphatic carbocycles. The summed E-state index contributed by atoms with van der Waals surface area (Å²) in [5, 5.41) is 3.14. The molecule has 7 heteroatoms. The van der Waals surface area contributed by atoms with Crippen LogP contribution in [0.25, 0.3) is 0 Å². The number of hydrogen-bond donors (Lipinski definition) is 1. The van der Waals surface area contributed by atoms with Crippen molar-refractivity contribution in [1.29, 1.82) is 0 Å². The van der Waals surface area contributed by atoms with Crippen molar-refractivity contribution >= 4 is 17.5 Å². The molecule has 0 aromatic carbocycles. The van der Waals surface area contributed by atoms with E-state index >= 15 is 0 Å². The number of anilines is 2. The number of piperidine rings is 1. The zero-order valence-electron chi connectivity index (χ0n) is 13.4. The summed E-state index contributed by atoms with van der Waals surface area (Å²) >= 11 is 0. The highest BCUT2D eigenvalue weighted by Gasteiger charge is 2.27. The SMILES string of the molecule is CC(=O)N1CCCC[C@H]1c1cc(Nc2cnccn2)nc(C)n1. The largest absolute Gasteiger partial charge is 0.334 e. The predicted molar refractivity (Wildman–Crippen MR) is 86.1 cm³/mol. The smallest absolute Gasteiger partial charge is 0.220 e. The highest BCUT2D eigenvalue weighted by molar-refractivity contribution is 5.74. The van der Waals surface area contributed by atoms with E-state index in [4.69, 9.17) is 0 Å². The van der Waals surface area contributed by atoms with Crippen LogP contribution in [0.5, 0.6) is 0 Å². The maximum absolute atomic E-state index is 11.9. The highest BCUT2D eigenvalue weighted by atomic mass is 16.2. The fourth-order valence-electron chi connectivity index (χ4n) is 2.94. The van der Waals surface area contributed by atoms with Crippen molar-refractivity contribution in [3.05, 3.63) is 36.2 Å². The maximum Gasteiger partial charge on any atom is 0.220 e. The Morgan fingerprint density at radius 1 is 1.26 bits per heavy atom. The normalized spacial score (nSPS) is 17.8. The van der Waals surface area contributed by atoms with Crippen molar-refractivity contribution in [3.8, 4) is 0 Å². The third-order valence-corrected chi connectivity index (χ3v) is 3.93. The first-order valence-electron chi connectivity index (χ1n) is 7.79. The van der Waals surface area contributed by atoms with Gasteiger partial charge in [-0.1, -0.05) is 0 Å². The number of likely N-dealkylation sites (tertiary alicyclic amines) is 1. The van der Waals surface area contributed by atoms with E-state index < -0.39 is 0 Å². The Morgan fingerprint density at radius 2 is 2.13 bits per heavy atom. The molecule has 120 valence electrons. The van der Waals surface area contributed by atoms with Crippen LogP contribution in [0.4, 0.5) is 11.6 Å². The second kappa shape index (κ2) is 6.68. The fourth-order valence-corrected chi connectivity index (χ4v) is 2.94. The van der Waals surface area contributed by atoms with Crippen LogP contribution in [0.3, 0.4) is 0 Å². The third-order valence-electron chi connectivity index (χ3n) is 3.93. The molecule has 1 aliphatic rings. The molecule has 1 atom stereocenters. The van der Waals surface area contributed by atoms with Gasteiger partial charge in [0, 0.05) is 31.9 Å². The van der Waals surface area contributed by atoms with Gasteiger partial charge in [0.1, 0.15) is 17.5 Å². The molecule has 23 heavy (non-hydrogen) atoms. The van der Waals surface area contributed by atoms with Crippen molar-refractivity contribution in [2.75, 3.05) is 11.9 Å². The first kappa shape index (κ1) is 15.3. The number of nitrogens with one attached hydrogen (secondary N) is 1. The van der Waals surface area contributed by atoms with E-state index in [0.29, 0.717) is 17.5 Å². The van der Waals surface area contributed by atoms with Gasteiger partial charge in [-0.15, -0.1) is 0 Å². The van der Waals surface area contributed by atoms with Crippen LogP contribution < -0.4 is 5.32 Å². The summed E-state index contributed by atoms with van der Waals surface area (Å²) < 4.78 is 0. The van der Waals surface area contributed by atoms with Gasteiger partial charge in [-0.2, -0.15) is 0 Å². The molecule has 0 radical (unpaired) electrons. The van der Waals surface area contributed by atoms with Crippen molar-refractivity contribution in [3.63, 3.8) is 0 Å². The molecule has 0 bridgehead atoms. The Balaban J connectivity index is 1.89. The molecule has 0 unspecified atom stereocenters. The molecule has 3 heterocycles. The zero-order chi connectivity index (χ0) is 16.2. The lowest BCUT2D eigenvalue weighted by Crippen LogP contribution is -2.37. The van der Waals surface area contributed by atoms with E-state index in [9.17, 15) is 4.79 Å². The molecule has 1 aliphatic heterocycles. The number of rotatable bonds is 3. The summed E-state index contributed by atoms with van der Waals surface area (Å²) in [5.41, 5.74) is 0.874. The first-order chi connectivity index (χ1) is 11.1. The lowest BCUT2D eigenvalue weighted by Gasteiger charge is -2.34. The van der Waals surface area contributed by atoms with Gasteiger partial charge < -0.3 is 10.2 Å². The fraction of sp³-hybridized carbons (Fsp3) is 0.438. The molecular formula is C16H20N6O. The van der Waals surface area contributed by atoms with Gasteiger partial charge in [-0.3, -0.25) is 9.78 Å². The van der Waals surface area contributed by atoms with E-state index in [2.05, 4.69) is 25.3 Å². The van der Waals surface area contributed by atoms with E-state index in [1.165, 1.54) is 0 Å². The predicted octanol–water partition coefficient (Wildman–Crippen LogP) is 2.39. The highest BCUT2D eigenvalue weighted by Crippen LogP contribution is 2.31. The van der Waals surface area contributed by atoms with Crippen LogP contribution in [-0.2, 0) is 4.79 Å². The Labute approximate surface area is 135 Å². The van der Waals surface area contributed by atoms with Gasteiger partial charge in [0.15, 0.2) is 0 Å². The van der Waals surface area contributed by atoms with Crippen LogP contribution in [0.1, 0.15) is 43.7 Å². The molecule has 0 spiro atoms. The lowest BCUT2D eigenvalue weighted by atomic mass is 9.99. The Morgan fingerprint density at radius 3 is 2.87 bits per heavy atom. The number of nitrogens with zero attached hydrogens (tertiary/aromatic N) is 5. The molecule has 1 saturated heterocycles. The van der Waals surface area contributed by atoms with Crippen LogP contribution in [0, 0.1) is 6.92 Å². The van der Waals surface area contributed by atoms with Crippen molar-refractivity contribution in [1.82, 2.24) is 24.8 Å². The molecule has 1 fully saturated rings. The summed E-state index contributed by atoms with van der Waals surface area (Å²) in [6.45, 7) is 4.26. The van der Waals surface area contributed by atoms with Crippen LogP contribution >= 0.6 is 0 Å². The molecule has 1 N–H and O–H groups in total. The van der Waals surface area contributed by atoms with Gasteiger partial charge in [0.2, 0.25) is 5.91 Å². The van der Waals surface area contributed by atoms with Crippen LogP contribution in [0.2, 0.25) is 0 Å². The Kier molecular flexibility index (Phi) is 4.45. The Bertz CT molecular complexity index is 690. The molecule has 1 amide bonds. The molecule has 3 rings (SSSR count). The van der Waals surface area contributed by atoms with Gasteiger partial charge in [-0.05, 0) is 26.2 Å². The average Bonchev–Trinajstić information content (AvgIpc) is 2.55. The number of aryl methyl sites for hydroxylation is 1. The topological polar surface area (TPSA) is 83.9 Å². The number of amides is 1. The molecular weight excluding hydrogens is 292 g/mol. The summed E-state index contributed by atoms with van der Waals surface area (Å²) in [6.07, 6.45) is 7.96. The Hall–Kier alpha value is -2.57. The molecule has 2 aromatic heterocycles. The second-order valence-electron chi connectivity index (χ2n) is 5.66. The van der Waals surface area contributed by atoms with Crippen LogP contribution in [0.15, 0.2) is 24.7 Å². The zero-order valence-corrected chi connectivity index (χ0v) is 13.4.